The molecular weight excluding hydrogens is 248 g/mol. The zero-order valence-electron chi connectivity index (χ0n) is 14.4. The van der Waals surface area contributed by atoms with Gasteiger partial charge in [-0.3, -0.25) is 9.69 Å². The summed E-state index contributed by atoms with van der Waals surface area (Å²) in [6, 6.07) is 0.0480. The summed E-state index contributed by atoms with van der Waals surface area (Å²) in [4.78, 5) is 13.3. The van der Waals surface area contributed by atoms with Crippen LogP contribution in [0.5, 0.6) is 0 Å². The van der Waals surface area contributed by atoms with Crippen molar-refractivity contribution in [2.45, 2.75) is 73.0 Å². The Morgan fingerprint density at radius 1 is 1.10 bits per heavy atom. The molecule has 0 spiro atoms. The second-order valence-electron chi connectivity index (χ2n) is 3.51. The van der Waals surface area contributed by atoms with E-state index in [2.05, 4.69) is 42.8 Å². The van der Waals surface area contributed by atoms with Crippen molar-refractivity contribution in [1.82, 2.24) is 10.2 Å². The third kappa shape index (κ3) is 11.6. The van der Waals surface area contributed by atoms with Gasteiger partial charge in [0, 0.05) is 0 Å². The molecule has 20 heavy (non-hydrogen) atoms. The Labute approximate surface area is 127 Å². The maximum absolute atomic E-state index is 11.2. The van der Waals surface area contributed by atoms with Crippen molar-refractivity contribution < 1.29 is 4.79 Å². The van der Waals surface area contributed by atoms with Crippen molar-refractivity contribution in [2.24, 2.45) is 0 Å². The number of rotatable bonds is 3. The Morgan fingerprint density at radius 2 is 1.50 bits per heavy atom. The van der Waals surface area contributed by atoms with Gasteiger partial charge in [0.1, 0.15) is 0 Å². The molecular formula is C17H34N2O. The predicted molar refractivity (Wildman–Crippen MR) is 91.2 cm³/mol. The van der Waals surface area contributed by atoms with Crippen molar-refractivity contribution in [1.29, 1.82) is 0 Å². The molecule has 0 aromatic rings. The normalized spacial score (nSPS) is 19.2. The Balaban J connectivity index is -0.000000138. The van der Waals surface area contributed by atoms with Crippen LogP contribution in [0.3, 0.4) is 0 Å². The molecule has 0 aliphatic carbocycles. The summed E-state index contributed by atoms with van der Waals surface area (Å²) in [6.45, 7) is 12.1. The van der Waals surface area contributed by atoms with Crippen molar-refractivity contribution in [3.63, 3.8) is 0 Å². The second kappa shape index (κ2) is 22.7. The van der Waals surface area contributed by atoms with Crippen molar-refractivity contribution >= 4 is 5.91 Å². The average molecular weight is 282 g/mol. The number of amides is 1. The minimum Gasteiger partial charge on any atom is -0.339 e. The summed E-state index contributed by atoms with van der Waals surface area (Å²) in [5.41, 5.74) is 0. The lowest BCUT2D eigenvalue weighted by Crippen LogP contribution is -2.34. The van der Waals surface area contributed by atoms with E-state index in [0.717, 1.165) is 6.42 Å². The molecule has 1 N–H and O–H groups in total. The fraction of sp³-hybridized carbons (Fsp3) is 0.706. The summed E-state index contributed by atoms with van der Waals surface area (Å²) in [5.74, 6) is 0.165. The van der Waals surface area contributed by atoms with Gasteiger partial charge in [-0.25, -0.2) is 0 Å². The SMILES string of the molecule is C#C.C#C.CC.CC.CCCC[C@@H]1NC(=O)[C@H](C)N1C. The van der Waals surface area contributed by atoms with Crippen LogP contribution in [0.4, 0.5) is 0 Å². The summed E-state index contributed by atoms with van der Waals surface area (Å²) >= 11 is 0. The van der Waals surface area contributed by atoms with Gasteiger partial charge in [-0.15, -0.1) is 25.7 Å². The van der Waals surface area contributed by atoms with E-state index in [1.54, 1.807) is 0 Å². The first kappa shape index (κ1) is 27.0. The van der Waals surface area contributed by atoms with E-state index in [0.29, 0.717) is 0 Å². The van der Waals surface area contributed by atoms with E-state index < -0.39 is 0 Å². The number of nitrogens with one attached hydrogen (secondary N) is 1. The highest BCUT2D eigenvalue weighted by atomic mass is 16.2. The first-order valence-electron chi connectivity index (χ1n) is 7.35. The molecule has 1 aliphatic heterocycles. The van der Waals surface area contributed by atoms with Gasteiger partial charge in [0.05, 0.1) is 12.2 Å². The molecule has 0 bridgehead atoms. The third-order valence-electron chi connectivity index (χ3n) is 2.62. The van der Waals surface area contributed by atoms with Crippen LogP contribution in [0.25, 0.3) is 0 Å². The maximum Gasteiger partial charge on any atom is 0.238 e. The van der Waals surface area contributed by atoms with Crippen LogP contribution in [0, 0.1) is 25.7 Å². The molecule has 0 unspecified atom stereocenters. The molecule has 118 valence electrons. The van der Waals surface area contributed by atoms with Crippen molar-refractivity contribution in [2.75, 3.05) is 7.05 Å². The highest BCUT2D eigenvalue weighted by molar-refractivity contribution is 5.83. The lowest BCUT2D eigenvalue weighted by Gasteiger charge is -2.20. The number of hydrogen-bond donors (Lipinski definition) is 1. The molecule has 1 aliphatic rings. The van der Waals surface area contributed by atoms with E-state index in [1.807, 2.05) is 41.7 Å². The van der Waals surface area contributed by atoms with Crippen molar-refractivity contribution in [3.8, 4) is 25.7 Å². The number of hydrogen-bond acceptors (Lipinski definition) is 2. The average Bonchev–Trinajstić information content (AvgIpc) is 2.80. The Hall–Kier alpha value is -1.45. The summed E-state index contributed by atoms with van der Waals surface area (Å²) in [7, 11) is 2.00. The van der Waals surface area contributed by atoms with E-state index in [9.17, 15) is 4.79 Å². The van der Waals surface area contributed by atoms with Gasteiger partial charge in [-0.1, -0.05) is 47.5 Å². The molecule has 0 radical (unpaired) electrons. The molecule has 1 amide bonds. The Kier molecular flexibility index (Phi) is 30.6. The van der Waals surface area contributed by atoms with Gasteiger partial charge in [0.15, 0.2) is 0 Å². The monoisotopic (exact) mass is 282 g/mol. The quantitative estimate of drug-likeness (QED) is 0.804. The number of carbonyl (C=O) groups is 1. The lowest BCUT2D eigenvalue weighted by molar-refractivity contribution is -0.120. The number of terminal acetylenes is 2. The van der Waals surface area contributed by atoms with Gasteiger partial charge < -0.3 is 5.32 Å². The standard InChI is InChI=1S/C9H18N2O.2C2H6.2C2H2/c1-4-5-6-8-10-9(12)7(2)11(8)3;4*1-2/h7-8H,4-6H2,1-3H3,(H,10,12);2*1-2H3;2*1-2H/t7-,8+;;;;/m0..../s1. The van der Waals surface area contributed by atoms with E-state index in [1.165, 1.54) is 12.8 Å². The molecule has 2 atom stereocenters. The second-order valence-corrected chi connectivity index (χ2v) is 3.51. The Bertz CT molecular complexity index is 228. The topological polar surface area (TPSA) is 32.3 Å². The molecule has 0 aromatic heterocycles. The van der Waals surface area contributed by atoms with Crippen LogP contribution < -0.4 is 5.32 Å². The summed E-state index contributed by atoms with van der Waals surface area (Å²) in [6.07, 6.45) is 19.7. The van der Waals surface area contributed by atoms with E-state index in [-0.39, 0.29) is 18.1 Å². The minimum atomic E-state index is 0.0480. The molecule has 0 saturated carbocycles. The molecule has 3 heteroatoms. The molecule has 0 aromatic carbocycles. The van der Waals surface area contributed by atoms with Gasteiger partial charge in [-0.05, 0) is 20.4 Å². The van der Waals surface area contributed by atoms with Crippen LogP contribution in [-0.4, -0.2) is 30.1 Å². The van der Waals surface area contributed by atoms with Gasteiger partial charge >= 0.3 is 0 Å². The fourth-order valence-corrected chi connectivity index (χ4v) is 1.51. The zero-order valence-corrected chi connectivity index (χ0v) is 14.4. The van der Waals surface area contributed by atoms with Gasteiger partial charge in [0.2, 0.25) is 5.91 Å². The molecule has 1 fully saturated rings. The van der Waals surface area contributed by atoms with E-state index in [4.69, 9.17) is 0 Å². The lowest BCUT2D eigenvalue weighted by atomic mass is 10.2. The number of nitrogens with zero attached hydrogens (tertiary/aromatic N) is 1. The summed E-state index contributed by atoms with van der Waals surface area (Å²) < 4.78 is 0. The number of likely N-dealkylation sites (N-methyl/N-ethyl adjacent to an activating group) is 1. The minimum absolute atomic E-state index is 0.0480. The number of unbranched alkanes of at least 4 members (excludes halogenated alkanes) is 1. The van der Waals surface area contributed by atoms with Crippen LogP contribution >= 0.6 is 0 Å². The molecule has 1 saturated heterocycles. The van der Waals surface area contributed by atoms with Gasteiger partial charge in [0.25, 0.3) is 0 Å². The van der Waals surface area contributed by atoms with Gasteiger partial charge in [-0.2, -0.15) is 0 Å². The van der Waals surface area contributed by atoms with E-state index >= 15 is 0 Å². The van der Waals surface area contributed by atoms with Crippen LogP contribution in [-0.2, 0) is 4.79 Å². The summed E-state index contributed by atoms with van der Waals surface area (Å²) in [5, 5.41) is 2.98. The number of carbonyl (C=O) groups excluding carboxylic acids is 1. The third-order valence-corrected chi connectivity index (χ3v) is 2.62. The zero-order chi connectivity index (χ0) is 17.1. The predicted octanol–water partition coefficient (Wildman–Crippen LogP) is 3.50. The first-order valence-corrected chi connectivity index (χ1v) is 7.35. The molecule has 3 nitrogen and oxygen atoms in total. The molecule has 1 rings (SSSR count). The fourth-order valence-electron chi connectivity index (χ4n) is 1.51. The highest BCUT2D eigenvalue weighted by Crippen LogP contribution is 2.14. The van der Waals surface area contributed by atoms with Crippen molar-refractivity contribution in [3.05, 3.63) is 0 Å². The highest BCUT2D eigenvalue weighted by Gasteiger charge is 2.32. The first-order chi connectivity index (χ1) is 9.66. The Morgan fingerprint density at radius 3 is 1.75 bits per heavy atom. The largest absolute Gasteiger partial charge is 0.339 e. The molecule has 1 heterocycles. The smallest absolute Gasteiger partial charge is 0.238 e. The van der Waals surface area contributed by atoms with Crippen LogP contribution in [0.1, 0.15) is 60.8 Å². The van der Waals surface area contributed by atoms with Crippen LogP contribution in [0.2, 0.25) is 0 Å². The van der Waals surface area contributed by atoms with Crippen LogP contribution in [0.15, 0.2) is 0 Å². The maximum atomic E-state index is 11.2.